The summed E-state index contributed by atoms with van der Waals surface area (Å²) in [6.07, 6.45) is 0.350. The monoisotopic (exact) mass is 176 g/mol. The van der Waals surface area contributed by atoms with Crippen molar-refractivity contribution in [1.82, 2.24) is 0 Å². The molecule has 0 atom stereocenters. The molecule has 0 aromatic carbocycles. The molecule has 74 valence electrons. The summed E-state index contributed by atoms with van der Waals surface area (Å²) >= 11 is 0. The van der Waals surface area contributed by atoms with Gasteiger partial charge in [0.05, 0.1) is 20.1 Å². The molecule has 0 saturated heterocycles. The lowest BCUT2D eigenvalue weighted by Crippen LogP contribution is -2.08. The SMILES string of the molecule is C.COC(=O)CCOCC(C)C. The normalized spacial score (nSPS) is 9.33. The van der Waals surface area contributed by atoms with Crippen LogP contribution in [0.25, 0.3) is 0 Å². The maximum atomic E-state index is 10.6. The van der Waals surface area contributed by atoms with Crippen LogP contribution in [0.15, 0.2) is 0 Å². The molecule has 0 spiro atoms. The Labute approximate surface area is 75.1 Å². The molecule has 0 aliphatic carbocycles. The summed E-state index contributed by atoms with van der Waals surface area (Å²) in [5.74, 6) is 0.307. The zero-order chi connectivity index (χ0) is 8.69. The van der Waals surface area contributed by atoms with E-state index in [1.807, 2.05) is 0 Å². The Kier molecular flexibility index (Phi) is 9.93. The van der Waals surface area contributed by atoms with Gasteiger partial charge >= 0.3 is 5.97 Å². The van der Waals surface area contributed by atoms with Gasteiger partial charge in [-0.25, -0.2) is 0 Å². The number of methoxy groups -OCH3 is 1. The van der Waals surface area contributed by atoms with Crippen LogP contribution >= 0.6 is 0 Å². The summed E-state index contributed by atoms with van der Waals surface area (Å²) in [7, 11) is 1.38. The minimum Gasteiger partial charge on any atom is -0.469 e. The predicted octanol–water partition coefficient (Wildman–Crippen LogP) is 1.86. The Bertz CT molecular complexity index is 110. The van der Waals surface area contributed by atoms with Crippen LogP contribution in [0.1, 0.15) is 27.7 Å². The Morgan fingerprint density at radius 2 is 2.00 bits per heavy atom. The lowest BCUT2D eigenvalue weighted by molar-refractivity contribution is -0.141. The molecule has 0 aromatic rings. The first kappa shape index (κ1) is 14.0. The molecule has 0 heterocycles. The van der Waals surface area contributed by atoms with Crippen molar-refractivity contribution in [2.45, 2.75) is 27.7 Å². The summed E-state index contributed by atoms with van der Waals surface area (Å²) in [5, 5.41) is 0. The van der Waals surface area contributed by atoms with E-state index >= 15 is 0 Å². The van der Waals surface area contributed by atoms with Gasteiger partial charge < -0.3 is 9.47 Å². The van der Waals surface area contributed by atoms with E-state index in [0.717, 1.165) is 0 Å². The van der Waals surface area contributed by atoms with Crippen LogP contribution in [0, 0.1) is 5.92 Å². The largest absolute Gasteiger partial charge is 0.469 e. The standard InChI is InChI=1S/C8H16O3.CH4/c1-7(2)6-11-5-4-8(9)10-3;/h7H,4-6H2,1-3H3;1H4. The lowest BCUT2D eigenvalue weighted by Gasteiger charge is -2.04. The molecule has 0 aromatic heterocycles. The molecule has 12 heavy (non-hydrogen) atoms. The molecule has 0 amide bonds. The third-order valence-corrected chi connectivity index (χ3v) is 1.13. The van der Waals surface area contributed by atoms with Gasteiger partial charge in [-0.1, -0.05) is 21.3 Å². The first-order chi connectivity index (χ1) is 5.16. The van der Waals surface area contributed by atoms with E-state index in [2.05, 4.69) is 18.6 Å². The van der Waals surface area contributed by atoms with E-state index in [1.54, 1.807) is 0 Å². The van der Waals surface area contributed by atoms with Crippen LogP contribution in [0.4, 0.5) is 0 Å². The van der Waals surface area contributed by atoms with Gasteiger partial charge in [-0.2, -0.15) is 0 Å². The van der Waals surface area contributed by atoms with Gasteiger partial charge in [-0.3, -0.25) is 4.79 Å². The van der Waals surface area contributed by atoms with Gasteiger partial charge in [0.1, 0.15) is 0 Å². The van der Waals surface area contributed by atoms with Crippen LogP contribution in [-0.4, -0.2) is 26.3 Å². The summed E-state index contributed by atoms with van der Waals surface area (Å²) in [4.78, 5) is 10.6. The number of carbonyl (C=O) groups is 1. The maximum Gasteiger partial charge on any atom is 0.307 e. The fraction of sp³-hybridized carbons (Fsp3) is 0.889. The number of hydrogen-bond acceptors (Lipinski definition) is 3. The highest BCUT2D eigenvalue weighted by Crippen LogP contribution is 1.93. The van der Waals surface area contributed by atoms with Crippen molar-refractivity contribution >= 4 is 5.97 Å². The topological polar surface area (TPSA) is 35.5 Å². The fourth-order valence-electron chi connectivity index (χ4n) is 0.577. The highest BCUT2D eigenvalue weighted by Gasteiger charge is 1.99. The summed E-state index contributed by atoms with van der Waals surface area (Å²) in [5.41, 5.74) is 0. The van der Waals surface area contributed by atoms with Crippen LogP contribution in [0.2, 0.25) is 0 Å². The van der Waals surface area contributed by atoms with Crippen molar-refractivity contribution in [3.05, 3.63) is 0 Å². The van der Waals surface area contributed by atoms with Crippen molar-refractivity contribution in [3.63, 3.8) is 0 Å². The molecule has 0 aliphatic rings. The number of carbonyl (C=O) groups excluding carboxylic acids is 1. The Morgan fingerprint density at radius 1 is 1.42 bits per heavy atom. The minimum absolute atomic E-state index is 0. The van der Waals surface area contributed by atoms with E-state index in [1.165, 1.54) is 7.11 Å². The first-order valence-electron chi connectivity index (χ1n) is 3.81. The third-order valence-electron chi connectivity index (χ3n) is 1.13. The lowest BCUT2D eigenvalue weighted by atomic mass is 10.2. The maximum absolute atomic E-state index is 10.6. The minimum atomic E-state index is -0.214. The highest BCUT2D eigenvalue weighted by atomic mass is 16.5. The van der Waals surface area contributed by atoms with Gasteiger partial charge in [0.2, 0.25) is 0 Å². The molecular weight excluding hydrogens is 156 g/mol. The highest BCUT2D eigenvalue weighted by molar-refractivity contribution is 5.69. The number of esters is 1. The van der Waals surface area contributed by atoms with Crippen molar-refractivity contribution < 1.29 is 14.3 Å². The molecule has 0 N–H and O–H groups in total. The third kappa shape index (κ3) is 9.43. The molecule has 0 rings (SSSR count). The van der Waals surface area contributed by atoms with Gasteiger partial charge in [-0.15, -0.1) is 0 Å². The van der Waals surface area contributed by atoms with Gasteiger partial charge in [0, 0.05) is 6.61 Å². The second-order valence-corrected chi connectivity index (χ2v) is 2.79. The van der Waals surface area contributed by atoms with Crippen molar-refractivity contribution in [3.8, 4) is 0 Å². The average molecular weight is 176 g/mol. The number of ether oxygens (including phenoxy) is 2. The summed E-state index contributed by atoms with van der Waals surface area (Å²) in [6.45, 7) is 5.30. The Morgan fingerprint density at radius 3 is 2.42 bits per heavy atom. The quantitative estimate of drug-likeness (QED) is 0.474. The summed E-state index contributed by atoms with van der Waals surface area (Å²) < 4.78 is 9.61. The van der Waals surface area contributed by atoms with Gasteiger partial charge in [0.15, 0.2) is 0 Å². The van der Waals surface area contributed by atoms with Gasteiger partial charge in [0.25, 0.3) is 0 Å². The molecule has 0 unspecified atom stereocenters. The zero-order valence-corrected chi connectivity index (χ0v) is 7.42. The van der Waals surface area contributed by atoms with Crippen LogP contribution in [-0.2, 0) is 14.3 Å². The molecule has 0 aliphatic heterocycles. The van der Waals surface area contributed by atoms with Gasteiger partial charge in [-0.05, 0) is 5.92 Å². The van der Waals surface area contributed by atoms with Crippen molar-refractivity contribution in [1.29, 1.82) is 0 Å². The van der Waals surface area contributed by atoms with E-state index in [4.69, 9.17) is 4.74 Å². The second kappa shape index (κ2) is 8.53. The molecule has 0 fully saturated rings. The number of hydrogen-bond donors (Lipinski definition) is 0. The average Bonchev–Trinajstić information content (AvgIpc) is 1.97. The first-order valence-corrected chi connectivity index (χ1v) is 3.81. The molecule has 0 saturated carbocycles. The molecule has 3 heteroatoms. The van der Waals surface area contributed by atoms with Crippen molar-refractivity contribution in [2.75, 3.05) is 20.3 Å². The van der Waals surface area contributed by atoms with Crippen molar-refractivity contribution in [2.24, 2.45) is 5.92 Å². The summed E-state index contributed by atoms with van der Waals surface area (Å²) in [6, 6.07) is 0. The fourth-order valence-corrected chi connectivity index (χ4v) is 0.577. The van der Waals surface area contributed by atoms with Crippen LogP contribution < -0.4 is 0 Å². The van der Waals surface area contributed by atoms with E-state index in [9.17, 15) is 4.79 Å². The van der Waals surface area contributed by atoms with Crippen LogP contribution in [0.3, 0.4) is 0 Å². The second-order valence-electron chi connectivity index (χ2n) is 2.79. The molecule has 3 nitrogen and oxygen atoms in total. The molecule has 0 bridgehead atoms. The molecule has 0 radical (unpaired) electrons. The van der Waals surface area contributed by atoms with E-state index < -0.39 is 0 Å². The van der Waals surface area contributed by atoms with Crippen LogP contribution in [0.5, 0.6) is 0 Å². The molecular formula is C9H20O3. The smallest absolute Gasteiger partial charge is 0.307 e. The zero-order valence-electron chi connectivity index (χ0n) is 7.42. The Hall–Kier alpha value is -0.570. The van der Waals surface area contributed by atoms with E-state index in [-0.39, 0.29) is 13.4 Å². The predicted molar refractivity (Wildman–Crippen MR) is 49.0 cm³/mol. The Balaban J connectivity index is 0. The van der Waals surface area contributed by atoms with E-state index in [0.29, 0.717) is 25.6 Å². The number of rotatable bonds is 5.